The van der Waals surface area contributed by atoms with Gasteiger partial charge in [-0.25, -0.2) is 0 Å². The number of hydrogen-bond donors (Lipinski definition) is 1. The predicted octanol–water partition coefficient (Wildman–Crippen LogP) is 3.98. The molecule has 12 nitrogen and oxygen atoms in total. The SMILES string of the molecule is COc1cc([C@@H]2c3cc4c(cc3[C@@H](N=C3CC(=O)N(CCO)C3=O)[C@H]3COC(=O)[C@H]23)OCO4)cc(OC)c1O[Si](C)(C)C(C)(C)C. The summed E-state index contributed by atoms with van der Waals surface area (Å²) in [6.07, 6.45) is -0.186. The Balaban J connectivity index is 1.51. The number of cyclic esters (lactones) is 1. The zero-order valence-electron chi connectivity index (χ0n) is 27.2. The first-order chi connectivity index (χ1) is 21.8. The van der Waals surface area contributed by atoms with Crippen LogP contribution in [0.3, 0.4) is 0 Å². The van der Waals surface area contributed by atoms with Crippen LogP contribution in [0.2, 0.25) is 18.1 Å². The molecule has 0 aromatic heterocycles. The van der Waals surface area contributed by atoms with Crippen LogP contribution in [0.5, 0.6) is 28.7 Å². The number of amides is 2. The molecule has 6 rings (SSSR count). The average Bonchev–Trinajstić information content (AvgIpc) is 3.69. The minimum atomic E-state index is -2.30. The summed E-state index contributed by atoms with van der Waals surface area (Å²) in [5, 5.41) is 9.29. The van der Waals surface area contributed by atoms with Crippen LogP contribution >= 0.6 is 0 Å². The number of rotatable bonds is 8. The fourth-order valence-corrected chi connectivity index (χ4v) is 7.48. The van der Waals surface area contributed by atoms with E-state index in [0.29, 0.717) is 28.7 Å². The highest BCUT2D eigenvalue weighted by molar-refractivity contribution is 6.74. The van der Waals surface area contributed by atoms with Gasteiger partial charge in [0.25, 0.3) is 14.2 Å². The van der Waals surface area contributed by atoms with E-state index in [2.05, 4.69) is 33.9 Å². The molecular weight excluding hydrogens is 612 g/mol. The minimum absolute atomic E-state index is 0.0429. The number of carbonyl (C=O) groups is 3. The molecule has 0 bridgehead atoms. The van der Waals surface area contributed by atoms with E-state index in [1.165, 1.54) is 0 Å². The molecule has 0 radical (unpaired) electrons. The minimum Gasteiger partial charge on any atom is -0.539 e. The van der Waals surface area contributed by atoms with Crippen molar-refractivity contribution >= 4 is 31.8 Å². The highest BCUT2D eigenvalue weighted by atomic mass is 28.4. The van der Waals surface area contributed by atoms with Crippen molar-refractivity contribution < 1.29 is 47.6 Å². The number of hydrogen-bond acceptors (Lipinski definition) is 11. The number of aliphatic imine (C=N–C) groups is 1. The Kier molecular flexibility index (Phi) is 8.04. The summed E-state index contributed by atoms with van der Waals surface area (Å²) >= 11 is 0. The number of esters is 1. The Bertz CT molecular complexity index is 1610. The number of imide groups is 1. The molecule has 246 valence electrons. The molecule has 4 aliphatic rings. The maximum absolute atomic E-state index is 13.6. The number of benzene rings is 2. The molecule has 2 aromatic carbocycles. The van der Waals surface area contributed by atoms with Crippen molar-refractivity contribution in [1.82, 2.24) is 4.90 Å². The number of β-amino-alcohol motifs (C(OH)–C–C–N with tert-alkyl or cyclic N) is 1. The van der Waals surface area contributed by atoms with Crippen LogP contribution in [0, 0.1) is 11.8 Å². The van der Waals surface area contributed by atoms with Gasteiger partial charge < -0.3 is 33.2 Å². The number of fused-ring (bicyclic) bond motifs is 3. The van der Waals surface area contributed by atoms with Crippen LogP contribution < -0.4 is 23.4 Å². The van der Waals surface area contributed by atoms with Crippen molar-refractivity contribution in [2.45, 2.75) is 57.3 Å². The van der Waals surface area contributed by atoms with Crippen LogP contribution in [0.4, 0.5) is 0 Å². The molecule has 2 saturated heterocycles. The fourth-order valence-electron chi connectivity index (χ4n) is 6.47. The van der Waals surface area contributed by atoms with Crippen LogP contribution in [0.15, 0.2) is 29.3 Å². The predicted molar refractivity (Wildman–Crippen MR) is 168 cm³/mol. The van der Waals surface area contributed by atoms with Crippen molar-refractivity contribution in [3.05, 3.63) is 41.0 Å². The summed E-state index contributed by atoms with van der Waals surface area (Å²) < 4.78 is 35.6. The van der Waals surface area contributed by atoms with Crippen molar-refractivity contribution in [1.29, 1.82) is 0 Å². The van der Waals surface area contributed by atoms with Gasteiger partial charge in [-0.3, -0.25) is 24.3 Å². The van der Waals surface area contributed by atoms with Gasteiger partial charge in [-0.2, -0.15) is 0 Å². The molecule has 2 aromatic rings. The number of likely N-dealkylation sites (tertiary alicyclic amines) is 1. The zero-order chi connectivity index (χ0) is 33.1. The van der Waals surface area contributed by atoms with Crippen LogP contribution in [-0.4, -0.2) is 82.6 Å². The Labute approximate surface area is 268 Å². The topological polar surface area (TPSA) is 142 Å². The summed E-state index contributed by atoms with van der Waals surface area (Å²) in [5.41, 5.74) is 2.32. The molecule has 3 aliphatic heterocycles. The lowest BCUT2D eigenvalue weighted by atomic mass is 9.65. The zero-order valence-corrected chi connectivity index (χ0v) is 28.2. The molecule has 46 heavy (non-hydrogen) atoms. The fraction of sp³-hybridized carbons (Fsp3) is 0.515. The van der Waals surface area contributed by atoms with E-state index < -0.39 is 49.9 Å². The number of carbonyl (C=O) groups excluding carboxylic acids is 3. The third-order valence-corrected chi connectivity index (χ3v) is 14.2. The highest BCUT2D eigenvalue weighted by Crippen LogP contribution is 2.57. The lowest BCUT2D eigenvalue weighted by Gasteiger charge is -2.39. The number of aliphatic hydroxyl groups is 1. The summed E-state index contributed by atoms with van der Waals surface area (Å²) in [6.45, 7) is 10.4. The quantitative estimate of drug-likeness (QED) is 0.253. The largest absolute Gasteiger partial charge is 0.539 e. The molecule has 0 saturated carbocycles. The molecule has 0 spiro atoms. The van der Waals surface area contributed by atoms with E-state index >= 15 is 0 Å². The molecular formula is C33H40N2O10Si. The second-order valence-electron chi connectivity index (χ2n) is 13.5. The first-order valence-corrected chi connectivity index (χ1v) is 18.3. The van der Waals surface area contributed by atoms with Gasteiger partial charge in [0.2, 0.25) is 12.7 Å². The van der Waals surface area contributed by atoms with Crippen molar-refractivity contribution in [3.8, 4) is 28.7 Å². The first kappa shape index (κ1) is 31.9. The third-order valence-electron chi connectivity index (χ3n) is 9.88. The molecule has 3 heterocycles. The van der Waals surface area contributed by atoms with E-state index in [1.807, 2.05) is 24.3 Å². The van der Waals surface area contributed by atoms with E-state index in [-0.39, 0.29) is 43.7 Å². The Morgan fingerprint density at radius 1 is 0.978 bits per heavy atom. The van der Waals surface area contributed by atoms with Crippen LogP contribution in [-0.2, 0) is 19.1 Å². The highest BCUT2D eigenvalue weighted by Gasteiger charge is 2.53. The molecule has 4 atom stereocenters. The molecule has 13 heteroatoms. The van der Waals surface area contributed by atoms with Gasteiger partial charge in [0.1, 0.15) is 5.71 Å². The monoisotopic (exact) mass is 652 g/mol. The van der Waals surface area contributed by atoms with E-state index in [9.17, 15) is 19.5 Å². The maximum Gasteiger partial charge on any atom is 0.310 e. The van der Waals surface area contributed by atoms with Gasteiger partial charge in [0.05, 0.1) is 52.4 Å². The lowest BCUT2D eigenvalue weighted by molar-refractivity contribution is -0.142. The van der Waals surface area contributed by atoms with Gasteiger partial charge in [0, 0.05) is 11.8 Å². The average molecular weight is 653 g/mol. The standard InChI is InChI=1S/C33H40N2O10Si/c1-33(2,3)46(6,7)45-30-24(40-4)10-17(11-25(30)41-5)27-18-12-22-23(44-16-43-22)13-19(18)29(20-15-42-32(39)28(20)27)34-21-14-26(37)35(8-9-36)31(21)38/h10-13,20,27-29,36H,8-9,14-16H2,1-7H3/t20-,27+,28-,29+/m0/s1. The first-order valence-electron chi connectivity index (χ1n) is 15.4. The van der Waals surface area contributed by atoms with Crippen molar-refractivity contribution in [2.24, 2.45) is 16.8 Å². The van der Waals surface area contributed by atoms with E-state index in [1.54, 1.807) is 14.2 Å². The molecule has 2 fully saturated rings. The lowest BCUT2D eigenvalue weighted by Crippen LogP contribution is -2.44. The molecule has 1 N–H and O–H groups in total. The third kappa shape index (κ3) is 5.19. The van der Waals surface area contributed by atoms with Gasteiger partial charge >= 0.3 is 5.97 Å². The normalized spacial score (nSPS) is 24.7. The molecule has 2 amide bonds. The Morgan fingerprint density at radius 2 is 1.61 bits per heavy atom. The summed E-state index contributed by atoms with van der Waals surface area (Å²) in [7, 11) is 0.848. The molecule has 0 unspecified atom stereocenters. The summed E-state index contributed by atoms with van der Waals surface area (Å²) in [4.78, 5) is 45.2. The van der Waals surface area contributed by atoms with Crippen molar-refractivity contribution in [3.63, 3.8) is 0 Å². The summed E-state index contributed by atoms with van der Waals surface area (Å²) in [6, 6.07) is 6.78. The van der Waals surface area contributed by atoms with Crippen molar-refractivity contribution in [2.75, 3.05) is 40.8 Å². The van der Waals surface area contributed by atoms with E-state index in [0.717, 1.165) is 21.6 Å². The number of aliphatic hydroxyl groups excluding tert-OH is 1. The van der Waals surface area contributed by atoms with Crippen LogP contribution in [0.25, 0.3) is 0 Å². The van der Waals surface area contributed by atoms with Crippen LogP contribution in [0.1, 0.15) is 55.8 Å². The van der Waals surface area contributed by atoms with Gasteiger partial charge in [0.15, 0.2) is 28.7 Å². The Morgan fingerprint density at radius 3 is 2.20 bits per heavy atom. The van der Waals surface area contributed by atoms with Gasteiger partial charge in [-0.05, 0) is 59.1 Å². The maximum atomic E-state index is 13.6. The Hall–Kier alpha value is -4.10. The number of ether oxygens (including phenoxy) is 5. The summed E-state index contributed by atoms with van der Waals surface area (Å²) in [5.74, 6) is -0.490. The smallest absolute Gasteiger partial charge is 0.310 e. The number of nitrogens with zero attached hydrogens (tertiary/aromatic N) is 2. The second kappa shape index (κ2) is 11.6. The molecule has 1 aliphatic carbocycles. The number of methoxy groups -OCH3 is 2. The van der Waals surface area contributed by atoms with E-state index in [4.69, 9.17) is 33.1 Å². The second-order valence-corrected chi connectivity index (χ2v) is 18.2. The van der Waals surface area contributed by atoms with Gasteiger partial charge in [-0.1, -0.05) is 20.8 Å². The van der Waals surface area contributed by atoms with Gasteiger partial charge in [-0.15, -0.1) is 0 Å².